The fourth-order valence-electron chi connectivity index (χ4n) is 2.89. The maximum atomic E-state index is 12.2. The molecule has 2 aliphatic rings. The number of amides is 1. The first-order valence-electron chi connectivity index (χ1n) is 8.30. The number of hydrogen-bond donors (Lipinski definition) is 1. The Labute approximate surface area is 148 Å². The van der Waals surface area contributed by atoms with E-state index in [9.17, 15) is 4.79 Å². The van der Waals surface area contributed by atoms with Gasteiger partial charge in [0.2, 0.25) is 5.91 Å². The van der Waals surface area contributed by atoms with Gasteiger partial charge >= 0.3 is 0 Å². The molecule has 130 valence electrons. The normalized spacial score (nSPS) is 29.7. The first kappa shape index (κ1) is 18.6. The number of carbonyl (C=O) groups is 1. The smallest absolute Gasteiger partial charge is 0.234 e. The third kappa shape index (κ3) is 5.70. The predicted octanol–water partition coefficient (Wildman–Crippen LogP) is 3.05. The van der Waals surface area contributed by atoms with E-state index in [2.05, 4.69) is 17.1 Å². The van der Waals surface area contributed by atoms with Gasteiger partial charge in [0.05, 0.1) is 18.0 Å². The Kier molecular flexibility index (Phi) is 7.25. The Morgan fingerprint density at radius 3 is 3.00 bits per heavy atom. The van der Waals surface area contributed by atoms with Gasteiger partial charge in [-0.15, -0.1) is 23.2 Å². The van der Waals surface area contributed by atoms with Crippen LogP contribution in [0.25, 0.3) is 0 Å². The second-order valence-electron chi connectivity index (χ2n) is 6.39. The molecule has 1 N–H and O–H groups in total. The number of allylic oxidation sites excluding steroid dienone is 4. The number of likely N-dealkylation sites (tertiary alicyclic amines) is 1. The van der Waals surface area contributed by atoms with Gasteiger partial charge in [-0.05, 0) is 39.3 Å². The van der Waals surface area contributed by atoms with Crippen LogP contribution in [-0.2, 0) is 9.53 Å². The highest BCUT2D eigenvalue weighted by atomic mass is 35.5. The molecule has 1 aliphatic carbocycles. The molecular formula is C17H26Cl2N2O2. The lowest BCUT2D eigenvalue weighted by Crippen LogP contribution is -2.47. The topological polar surface area (TPSA) is 41.6 Å². The summed E-state index contributed by atoms with van der Waals surface area (Å²) in [6, 6.07) is 0.407. The lowest BCUT2D eigenvalue weighted by atomic mass is 10.0. The molecule has 2 rings (SSSR count). The van der Waals surface area contributed by atoms with Crippen LogP contribution in [0, 0.1) is 0 Å². The Balaban J connectivity index is 1.71. The first-order valence-corrected chi connectivity index (χ1v) is 9.17. The average molecular weight is 361 g/mol. The van der Waals surface area contributed by atoms with Crippen LogP contribution in [0.2, 0.25) is 0 Å². The second kappa shape index (κ2) is 8.95. The number of nitrogens with zero attached hydrogens (tertiary/aromatic N) is 1. The molecule has 0 aromatic rings. The lowest BCUT2D eigenvalue weighted by Gasteiger charge is -2.33. The SMILES string of the molecule is C[C@H](COC1=CC=C[C@H](Cl)[C@@H]1Cl)NC(=O)CN1CCCC[C@@H]1C. The van der Waals surface area contributed by atoms with E-state index in [0.717, 1.165) is 6.54 Å². The van der Waals surface area contributed by atoms with Crippen LogP contribution in [0.3, 0.4) is 0 Å². The average Bonchev–Trinajstić information content (AvgIpc) is 2.51. The summed E-state index contributed by atoms with van der Waals surface area (Å²) in [4.78, 5) is 14.4. The van der Waals surface area contributed by atoms with E-state index >= 15 is 0 Å². The lowest BCUT2D eigenvalue weighted by molar-refractivity contribution is -0.124. The molecule has 0 spiro atoms. The Bertz CT molecular complexity index is 468. The largest absolute Gasteiger partial charge is 0.494 e. The minimum atomic E-state index is -0.362. The molecule has 4 nitrogen and oxygen atoms in total. The zero-order valence-electron chi connectivity index (χ0n) is 13.8. The molecule has 1 fully saturated rings. The predicted molar refractivity (Wildman–Crippen MR) is 94.9 cm³/mol. The van der Waals surface area contributed by atoms with Gasteiger partial charge in [0, 0.05) is 6.04 Å². The number of alkyl halides is 2. The van der Waals surface area contributed by atoms with Crippen LogP contribution in [0.1, 0.15) is 33.1 Å². The maximum absolute atomic E-state index is 12.2. The van der Waals surface area contributed by atoms with Gasteiger partial charge in [-0.25, -0.2) is 0 Å². The Morgan fingerprint density at radius 2 is 2.26 bits per heavy atom. The van der Waals surface area contributed by atoms with Crippen LogP contribution < -0.4 is 5.32 Å². The highest BCUT2D eigenvalue weighted by Crippen LogP contribution is 2.24. The van der Waals surface area contributed by atoms with E-state index < -0.39 is 0 Å². The Morgan fingerprint density at radius 1 is 1.48 bits per heavy atom. The second-order valence-corrected chi connectivity index (χ2v) is 7.37. The summed E-state index contributed by atoms with van der Waals surface area (Å²) in [5.41, 5.74) is 0. The molecule has 0 unspecified atom stereocenters. The molecule has 4 atom stereocenters. The third-order valence-corrected chi connectivity index (χ3v) is 5.31. The quantitative estimate of drug-likeness (QED) is 0.740. The van der Waals surface area contributed by atoms with Crippen molar-refractivity contribution in [2.45, 2.75) is 55.9 Å². The summed E-state index contributed by atoms with van der Waals surface area (Å²) in [7, 11) is 0. The first-order chi connectivity index (χ1) is 11.0. The number of nitrogens with one attached hydrogen (secondary N) is 1. The molecule has 1 amide bonds. The third-order valence-electron chi connectivity index (χ3n) is 4.30. The summed E-state index contributed by atoms with van der Waals surface area (Å²) in [5.74, 6) is 0.699. The minimum absolute atomic E-state index is 0.0463. The minimum Gasteiger partial charge on any atom is -0.494 e. The van der Waals surface area contributed by atoms with Gasteiger partial charge in [-0.1, -0.05) is 18.6 Å². The van der Waals surface area contributed by atoms with Crippen molar-refractivity contribution in [3.8, 4) is 0 Å². The number of ether oxygens (including phenoxy) is 1. The van der Waals surface area contributed by atoms with E-state index in [-0.39, 0.29) is 22.7 Å². The Hall–Kier alpha value is -0.710. The fourth-order valence-corrected chi connectivity index (χ4v) is 3.32. The van der Waals surface area contributed by atoms with E-state index in [1.165, 1.54) is 19.3 Å². The molecule has 6 heteroatoms. The molecule has 1 aliphatic heterocycles. The molecule has 0 saturated carbocycles. The monoisotopic (exact) mass is 360 g/mol. The van der Waals surface area contributed by atoms with Crippen molar-refractivity contribution in [1.82, 2.24) is 10.2 Å². The summed E-state index contributed by atoms with van der Waals surface area (Å²) >= 11 is 12.3. The van der Waals surface area contributed by atoms with Crippen LogP contribution in [0.4, 0.5) is 0 Å². The fraction of sp³-hybridized carbons (Fsp3) is 0.706. The summed E-state index contributed by atoms with van der Waals surface area (Å²) < 4.78 is 5.70. The highest BCUT2D eigenvalue weighted by molar-refractivity contribution is 6.32. The maximum Gasteiger partial charge on any atom is 0.234 e. The zero-order chi connectivity index (χ0) is 16.8. The molecule has 23 heavy (non-hydrogen) atoms. The van der Waals surface area contributed by atoms with Gasteiger partial charge in [0.15, 0.2) is 0 Å². The highest BCUT2D eigenvalue weighted by Gasteiger charge is 2.24. The van der Waals surface area contributed by atoms with Gasteiger partial charge in [0.1, 0.15) is 17.7 Å². The van der Waals surface area contributed by atoms with E-state index in [1.54, 1.807) is 0 Å². The number of carbonyl (C=O) groups excluding carboxylic acids is 1. The van der Waals surface area contributed by atoms with Gasteiger partial charge in [0.25, 0.3) is 0 Å². The molecule has 1 heterocycles. The molecule has 0 aromatic heterocycles. The van der Waals surface area contributed by atoms with Crippen molar-refractivity contribution in [2.75, 3.05) is 19.7 Å². The number of rotatable bonds is 6. The van der Waals surface area contributed by atoms with Crippen molar-refractivity contribution in [3.63, 3.8) is 0 Å². The summed E-state index contributed by atoms with van der Waals surface area (Å²) in [5, 5.41) is 2.36. The molecule has 1 saturated heterocycles. The number of hydrogen-bond acceptors (Lipinski definition) is 3. The van der Waals surface area contributed by atoms with Gasteiger partial charge in [-0.3, -0.25) is 9.69 Å². The van der Waals surface area contributed by atoms with Crippen LogP contribution >= 0.6 is 23.2 Å². The van der Waals surface area contributed by atoms with Crippen molar-refractivity contribution >= 4 is 29.1 Å². The molecule has 0 aromatic carbocycles. The van der Waals surface area contributed by atoms with Crippen LogP contribution in [0.5, 0.6) is 0 Å². The van der Waals surface area contributed by atoms with Crippen molar-refractivity contribution in [2.24, 2.45) is 0 Å². The molecular weight excluding hydrogens is 335 g/mol. The standard InChI is InChI=1S/C17H26Cl2N2O2/c1-12(11-23-15-8-5-7-14(18)17(15)19)20-16(22)10-21-9-4-3-6-13(21)2/h5,7-8,12-14,17H,3-4,6,9-11H2,1-2H3,(H,20,22)/t12-,13+,14+,17+/m1/s1. The van der Waals surface area contributed by atoms with Gasteiger partial charge < -0.3 is 10.1 Å². The van der Waals surface area contributed by atoms with Crippen molar-refractivity contribution in [3.05, 3.63) is 24.0 Å². The summed E-state index contributed by atoms with van der Waals surface area (Å²) in [6.45, 7) is 5.96. The zero-order valence-corrected chi connectivity index (χ0v) is 15.3. The number of piperidine rings is 1. The van der Waals surface area contributed by atoms with E-state index in [0.29, 0.717) is 25.0 Å². The van der Waals surface area contributed by atoms with E-state index in [4.69, 9.17) is 27.9 Å². The van der Waals surface area contributed by atoms with Crippen LogP contribution in [0.15, 0.2) is 24.0 Å². The van der Waals surface area contributed by atoms with Crippen molar-refractivity contribution < 1.29 is 9.53 Å². The molecule has 0 bridgehead atoms. The summed E-state index contributed by atoms with van der Waals surface area (Å²) in [6.07, 6.45) is 9.09. The number of halogens is 2. The van der Waals surface area contributed by atoms with E-state index in [1.807, 2.05) is 25.2 Å². The van der Waals surface area contributed by atoms with Crippen molar-refractivity contribution in [1.29, 1.82) is 0 Å². The van der Waals surface area contributed by atoms with Gasteiger partial charge in [-0.2, -0.15) is 0 Å². The van der Waals surface area contributed by atoms with Crippen LogP contribution in [-0.4, -0.2) is 53.3 Å². The molecule has 0 radical (unpaired) electrons.